The van der Waals surface area contributed by atoms with Crippen molar-refractivity contribution >= 4 is 34.8 Å². The fraction of sp³-hybridized carbons (Fsp3) is 0.286. The molecule has 0 saturated heterocycles. The third kappa shape index (κ3) is 5.49. The quantitative estimate of drug-likeness (QED) is 0.439. The van der Waals surface area contributed by atoms with Gasteiger partial charge >= 0.3 is 0 Å². The molecule has 3 aromatic rings. The van der Waals surface area contributed by atoms with Gasteiger partial charge in [-0.1, -0.05) is 43.6 Å². The first kappa shape index (κ1) is 25.5. The molecular weight excluding hydrogens is 448 g/mol. The topological polar surface area (TPSA) is 69.6 Å². The van der Waals surface area contributed by atoms with Crippen molar-refractivity contribution in [3.63, 3.8) is 0 Å². The normalized spacial score (nSPS) is 14.9. The maximum atomic E-state index is 13.5. The Labute approximate surface area is 206 Å². The van der Waals surface area contributed by atoms with Crippen molar-refractivity contribution in [2.75, 3.05) is 16.8 Å². The van der Waals surface area contributed by atoms with E-state index in [0.29, 0.717) is 52.5 Å². The standard InChI is InChI=1S/C26H25ClN2O3.C2H6/c1-16-6-3-4-7-20(16)25(31)28-19-10-11-21(17(2)14-19)26(32)29-13-5-8-24(30)22-15-18(27)9-12-23(22)29;1-2/h3-4,6-7,9-12,14-15,24,30H,5,8,13H2,1-2H3,(H,28,31);1-2H3. The number of amides is 2. The van der Waals surface area contributed by atoms with Crippen molar-refractivity contribution in [2.24, 2.45) is 0 Å². The van der Waals surface area contributed by atoms with Crippen LogP contribution in [0.2, 0.25) is 5.02 Å². The van der Waals surface area contributed by atoms with E-state index in [4.69, 9.17) is 11.6 Å². The molecule has 1 aliphatic rings. The van der Waals surface area contributed by atoms with Crippen LogP contribution in [0.25, 0.3) is 0 Å². The predicted molar refractivity (Wildman–Crippen MR) is 139 cm³/mol. The molecule has 0 saturated carbocycles. The lowest BCUT2D eigenvalue weighted by atomic mass is 10.0. The fourth-order valence-corrected chi connectivity index (χ4v) is 4.30. The van der Waals surface area contributed by atoms with Gasteiger partial charge in [0.2, 0.25) is 0 Å². The summed E-state index contributed by atoms with van der Waals surface area (Å²) in [5.41, 5.74) is 4.81. The summed E-state index contributed by atoms with van der Waals surface area (Å²) in [4.78, 5) is 27.8. The molecule has 178 valence electrons. The van der Waals surface area contributed by atoms with Crippen LogP contribution in [0, 0.1) is 13.8 Å². The van der Waals surface area contributed by atoms with Gasteiger partial charge in [0.25, 0.3) is 11.8 Å². The molecule has 1 heterocycles. The number of carbonyl (C=O) groups excluding carboxylic acids is 2. The van der Waals surface area contributed by atoms with Crippen LogP contribution >= 0.6 is 11.6 Å². The third-order valence-corrected chi connectivity index (χ3v) is 6.08. The SMILES string of the molecule is CC.Cc1ccccc1C(=O)Nc1ccc(C(=O)N2CCCC(O)c3cc(Cl)ccc32)c(C)c1. The molecule has 2 N–H and O–H groups in total. The molecule has 34 heavy (non-hydrogen) atoms. The summed E-state index contributed by atoms with van der Waals surface area (Å²) in [6.45, 7) is 8.26. The summed E-state index contributed by atoms with van der Waals surface area (Å²) in [6, 6.07) is 17.9. The van der Waals surface area contributed by atoms with Crippen molar-refractivity contribution in [3.05, 3.63) is 93.5 Å². The first-order chi connectivity index (χ1) is 16.3. The van der Waals surface area contributed by atoms with Crippen molar-refractivity contribution in [1.82, 2.24) is 0 Å². The second kappa shape index (κ2) is 11.3. The van der Waals surface area contributed by atoms with E-state index in [1.54, 1.807) is 47.4 Å². The lowest BCUT2D eigenvalue weighted by Gasteiger charge is -2.24. The molecule has 3 aromatic carbocycles. The van der Waals surface area contributed by atoms with E-state index < -0.39 is 6.10 Å². The van der Waals surface area contributed by atoms with E-state index >= 15 is 0 Å². The van der Waals surface area contributed by atoms with Gasteiger partial charge in [-0.3, -0.25) is 9.59 Å². The summed E-state index contributed by atoms with van der Waals surface area (Å²) < 4.78 is 0. The molecule has 0 spiro atoms. The Balaban J connectivity index is 0.00000158. The highest BCUT2D eigenvalue weighted by Gasteiger charge is 2.27. The highest BCUT2D eigenvalue weighted by molar-refractivity contribution is 6.30. The number of fused-ring (bicyclic) bond motifs is 1. The number of carbonyl (C=O) groups is 2. The summed E-state index contributed by atoms with van der Waals surface area (Å²) in [6.07, 6.45) is 0.602. The largest absolute Gasteiger partial charge is 0.388 e. The second-order valence-corrected chi connectivity index (χ2v) is 8.55. The lowest BCUT2D eigenvalue weighted by molar-refractivity contribution is 0.0985. The Kier molecular flexibility index (Phi) is 8.48. The fourth-order valence-electron chi connectivity index (χ4n) is 4.12. The number of anilines is 2. The molecule has 0 aliphatic carbocycles. The van der Waals surface area contributed by atoms with E-state index in [0.717, 1.165) is 11.1 Å². The van der Waals surface area contributed by atoms with E-state index in [1.807, 2.05) is 45.9 Å². The smallest absolute Gasteiger partial charge is 0.258 e. The minimum Gasteiger partial charge on any atom is -0.388 e. The van der Waals surface area contributed by atoms with Gasteiger partial charge in [-0.2, -0.15) is 0 Å². The molecule has 1 unspecified atom stereocenters. The van der Waals surface area contributed by atoms with Gasteiger partial charge in [-0.25, -0.2) is 0 Å². The average Bonchev–Trinajstić information content (AvgIpc) is 2.99. The average molecular weight is 479 g/mol. The Morgan fingerprint density at radius 3 is 2.41 bits per heavy atom. The molecular formula is C28H31ClN2O3. The number of rotatable bonds is 3. The van der Waals surface area contributed by atoms with Gasteiger partial charge in [0.15, 0.2) is 0 Å². The molecule has 1 aliphatic heterocycles. The van der Waals surface area contributed by atoms with Crippen molar-refractivity contribution in [1.29, 1.82) is 0 Å². The van der Waals surface area contributed by atoms with E-state index in [-0.39, 0.29) is 11.8 Å². The third-order valence-electron chi connectivity index (χ3n) is 5.85. The number of benzene rings is 3. The number of nitrogens with one attached hydrogen (secondary N) is 1. The minimum atomic E-state index is -0.651. The van der Waals surface area contributed by atoms with Gasteiger partial charge in [-0.15, -0.1) is 0 Å². The lowest BCUT2D eigenvalue weighted by Crippen LogP contribution is -2.32. The van der Waals surface area contributed by atoms with E-state index in [2.05, 4.69) is 5.32 Å². The number of hydrogen-bond acceptors (Lipinski definition) is 3. The molecule has 0 radical (unpaired) electrons. The van der Waals surface area contributed by atoms with E-state index in [9.17, 15) is 14.7 Å². The Hall–Kier alpha value is -3.15. The highest BCUT2D eigenvalue weighted by atomic mass is 35.5. The van der Waals surface area contributed by atoms with Crippen LogP contribution in [0.5, 0.6) is 0 Å². The van der Waals surface area contributed by atoms with Crippen LogP contribution in [0.4, 0.5) is 11.4 Å². The number of aryl methyl sites for hydroxylation is 2. The predicted octanol–water partition coefficient (Wildman–Crippen LogP) is 6.71. The molecule has 0 fully saturated rings. The van der Waals surface area contributed by atoms with Crippen molar-refractivity contribution in [2.45, 2.75) is 46.6 Å². The molecule has 0 bridgehead atoms. The number of aliphatic hydroxyl groups is 1. The molecule has 5 nitrogen and oxygen atoms in total. The van der Waals surface area contributed by atoms with Crippen LogP contribution in [0.15, 0.2) is 60.7 Å². The zero-order valence-electron chi connectivity index (χ0n) is 20.1. The summed E-state index contributed by atoms with van der Waals surface area (Å²) in [7, 11) is 0. The van der Waals surface area contributed by atoms with Crippen LogP contribution in [-0.4, -0.2) is 23.5 Å². The zero-order valence-corrected chi connectivity index (χ0v) is 20.8. The van der Waals surface area contributed by atoms with Crippen molar-refractivity contribution < 1.29 is 14.7 Å². The molecule has 4 rings (SSSR count). The maximum Gasteiger partial charge on any atom is 0.258 e. The van der Waals surface area contributed by atoms with Gasteiger partial charge in [0.05, 0.1) is 6.10 Å². The Morgan fingerprint density at radius 2 is 1.71 bits per heavy atom. The number of aliphatic hydroxyl groups excluding tert-OH is 1. The summed E-state index contributed by atoms with van der Waals surface area (Å²) >= 11 is 6.13. The Morgan fingerprint density at radius 1 is 0.971 bits per heavy atom. The second-order valence-electron chi connectivity index (χ2n) is 8.12. The molecule has 1 atom stereocenters. The van der Waals surface area contributed by atoms with Crippen LogP contribution in [-0.2, 0) is 0 Å². The zero-order chi connectivity index (χ0) is 24.8. The number of hydrogen-bond donors (Lipinski definition) is 2. The summed E-state index contributed by atoms with van der Waals surface area (Å²) in [5.74, 6) is -0.328. The van der Waals surface area contributed by atoms with Crippen LogP contribution in [0.1, 0.15) is 70.2 Å². The highest BCUT2D eigenvalue weighted by Crippen LogP contribution is 2.36. The minimum absolute atomic E-state index is 0.142. The van der Waals surface area contributed by atoms with Gasteiger partial charge in [0.1, 0.15) is 0 Å². The van der Waals surface area contributed by atoms with Crippen LogP contribution in [0.3, 0.4) is 0 Å². The summed E-state index contributed by atoms with van der Waals surface area (Å²) in [5, 5.41) is 13.9. The molecule has 0 aromatic heterocycles. The van der Waals surface area contributed by atoms with E-state index in [1.165, 1.54) is 0 Å². The van der Waals surface area contributed by atoms with Crippen LogP contribution < -0.4 is 10.2 Å². The molecule has 6 heteroatoms. The van der Waals surface area contributed by atoms with Gasteiger partial charge < -0.3 is 15.3 Å². The monoisotopic (exact) mass is 478 g/mol. The number of nitrogens with zero attached hydrogens (tertiary/aromatic N) is 1. The van der Waals surface area contributed by atoms with Crippen molar-refractivity contribution in [3.8, 4) is 0 Å². The number of halogens is 1. The van der Waals surface area contributed by atoms with Gasteiger partial charge in [-0.05, 0) is 80.3 Å². The first-order valence-corrected chi connectivity index (χ1v) is 12.0. The first-order valence-electron chi connectivity index (χ1n) is 11.6. The molecule has 2 amide bonds. The van der Waals surface area contributed by atoms with Gasteiger partial charge in [0, 0.05) is 39.6 Å². The Bertz CT molecular complexity index is 1190. The maximum absolute atomic E-state index is 13.5.